The van der Waals surface area contributed by atoms with Crippen molar-refractivity contribution in [3.05, 3.63) is 35.4 Å². The molecule has 6 nitrogen and oxygen atoms in total. The molecule has 1 aromatic rings. The first kappa shape index (κ1) is 14.5. The lowest BCUT2D eigenvalue weighted by molar-refractivity contribution is -0.170. The zero-order valence-electron chi connectivity index (χ0n) is 11.1. The van der Waals surface area contributed by atoms with Gasteiger partial charge in [-0.15, -0.1) is 0 Å². The molecule has 0 radical (unpaired) electrons. The van der Waals surface area contributed by atoms with Crippen LogP contribution in [0.5, 0.6) is 0 Å². The second-order valence-corrected chi connectivity index (χ2v) is 4.77. The Morgan fingerprint density at radius 1 is 1.00 bits per heavy atom. The van der Waals surface area contributed by atoms with Crippen molar-refractivity contribution in [2.75, 3.05) is 6.54 Å². The maximum Gasteiger partial charge on any atom is 0.342 e. The van der Waals surface area contributed by atoms with E-state index in [1.54, 1.807) is 18.2 Å². The summed E-state index contributed by atoms with van der Waals surface area (Å²) in [6.07, 6.45) is 2.57. The number of esters is 2. The monoisotopic (exact) mass is 278 g/mol. The van der Waals surface area contributed by atoms with E-state index in [9.17, 15) is 9.59 Å². The molecule has 0 saturated heterocycles. The quantitative estimate of drug-likeness (QED) is 0.618. The average molecular weight is 278 g/mol. The third-order valence-corrected chi connectivity index (χ3v) is 3.09. The van der Waals surface area contributed by atoms with Crippen LogP contribution in [0.1, 0.15) is 46.4 Å². The molecule has 6 heteroatoms. The molecule has 1 aromatic carbocycles. The second-order valence-electron chi connectivity index (χ2n) is 4.77. The number of carbonyl (C=O) groups is 2. The van der Waals surface area contributed by atoms with Gasteiger partial charge in [-0.25, -0.2) is 9.59 Å². The zero-order valence-corrected chi connectivity index (χ0v) is 11.1. The average Bonchev–Trinajstić information content (AvgIpc) is 2.43. The van der Waals surface area contributed by atoms with Gasteiger partial charge in [0.1, 0.15) is 0 Å². The lowest BCUT2D eigenvalue weighted by atomic mass is 10.1. The van der Waals surface area contributed by atoms with E-state index >= 15 is 0 Å². The van der Waals surface area contributed by atoms with Crippen molar-refractivity contribution in [2.24, 2.45) is 11.5 Å². The molecular formula is C14H18N2O4. The summed E-state index contributed by atoms with van der Waals surface area (Å²) in [5.41, 5.74) is 11.9. The Bertz CT molecular complexity index is 482. The number of unbranched alkanes of at least 4 members (excludes halogenated alkanes) is 2. The Labute approximate surface area is 117 Å². The molecule has 1 aliphatic rings. The minimum Gasteiger partial charge on any atom is -0.405 e. The maximum absolute atomic E-state index is 11.9. The first-order valence-electron chi connectivity index (χ1n) is 6.60. The summed E-state index contributed by atoms with van der Waals surface area (Å²) in [5, 5.41) is 0. The predicted molar refractivity (Wildman–Crippen MR) is 71.7 cm³/mol. The van der Waals surface area contributed by atoms with Crippen LogP contribution in [-0.2, 0) is 9.47 Å². The molecular weight excluding hydrogens is 260 g/mol. The molecule has 0 saturated carbocycles. The Balaban J connectivity index is 2.13. The molecule has 2 rings (SSSR count). The standard InChI is InChI=1S/C14H18N2O4/c15-8-3-1-2-7-14(16)19-12(17)10-5-4-6-11(9-10)13(18)20-14/h4-6,9H,1-3,7-8,15-16H2. The predicted octanol–water partition coefficient (Wildman–Crippen LogP) is 1.15. The third-order valence-electron chi connectivity index (χ3n) is 3.09. The number of hydrogen-bond acceptors (Lipinski definition) is 6. The van der Waals surface area contributed by atoms with E-state index in [0.717, 1.165) is 12.8 Å². The number of cyclic esters (lactones) is 2. The minimum atomic E-state index is -1.72. The number of benzene rings is 1. The van der Waals surface area contributed by atoms with Crippen LogP contribution in [0.2, 0.25) is 0 Å². The van der Waals surface area contributed by atoms with Gasteiger partial charge in [0.15, 0.2) is 0 Å². The van der Waals surface area contributed by atoms with Crippen molar-refractivity contribution in [1.82, 2.24) is 0 Å². The minimum absolute atomic E-state index is 0.245. The van der Waals surface area contributed by atoms with Gasteiger partial charge in [-0.3, -0.25) is 5.73 Å². The highest BCUT2D eigenvalue weighted by molar-refractivity contribution is 5.96. The number of rotatable bonds is 5. The summed E-state index contributed by atoms with van der Waals surface area (Å²) in [6, 6.07) is 6.16. The van der Waals surface area contributed by atoms with Crippen LogP contribution >= 0.6 is 0 Å². The lowest BCUT2D eigenvalue weighted by Gasteiger charge is -2.30. The first-order valence-corrected chi connectivity index (χ1v) is 6.60. The number of carbonyl (C=O) groups excluding carboxylic acids is 2. The highest BCUT2D eigenvalue weighted by atomic mass is 16.7. The Morgan fingerprint density at radius 2 is 1.60 bits per heavy atom. The Kier molecular flexibility index (Phi) is 4.36. The van der Waals surface area contributed by atoms with Crippen LogP contribution in [0.3, 0.4) is 0 Å². The van der Waals surface area contributed by atoms with Gasteiger partial charge in [0.25, 0.3) is 0 Å². The molecule has 0 aliphatic carbocycles. The number of hydrogen-bond donors (Lipinski definition) is 2. The van der Waals surface area contributed by atoms with Crippen molar-refractivity contribution in [3.8, 4) is 0 Å². The van der Waals surface area contributed by atoms with Crippen molar-refractivity contribution >= 4 is 11.9 Å². The normalized spacial score (nSPS) is 16.9. The van der Waals surface area contributed by atoms with Crippen molar-refractivity contribution in [3.63, 3.8) is 0 Å². The van der Waals surface area contributed by atoms with Gasteiger partial charge < -0.3 is 15.2 Å². The van der Waals surface area contributed by atoms with Crippen LogP contribution in [0, 0.1) is 0 Å². The zero-order chi connectivity index (χ0) is 14.6. The smallest absolute Gasteiger partial charge is 0.342 e. The number of nitrogens with two attached hydrogens (primary N) is 2. The number of fused-ring (bicyclic) bond motifs is 2. The SMILES string of the molecule is NCCCCCC1(N)OC(=O)c2cccc(c2)C(=O)O1. The van der Waals surface area contributed by atoms with Crippen molar-refractivity contribution < 1.29 is 19.1 Å². The summed E-state index contributed by atoms with van der Waals surface area (Å²) in [6.45, 7) is 0.585. The van der Waals surface area contributed by atoms with Crippen molar-refractivity contribution in [2.45, 2.75) is 31.6 Å². The van der Waals surface area contributed by atoms with Gasteiger partial charge in [-0.05, 0) is 37.6 Å². The van der Waals surface area contributed by atoms with E-state index in [1.165, 1.54) is 6.07 Å². The van der Waals surface area contributed by atoms with Crippen LogP contribution in [0.4, 0.5) is 0 Å². The van der Waals surface area contributed by atoms with E-state index in [0.29, 0.717) is 13.0 Å². The summed E-state index contributed by atoms with van der Waals surface area (Å²) in [4.78, 5) is 23.9. The second kappa shape index (κ2) is 6.02. The van der Waals surface area contributed by atoms with E-state index in [4.69, 9.17) is 20.9 Å². The van der Waals surface area contributed by atoms with Gasteiger partial charge >= 0.3 is 17.8 Å². The number of ether oxygens (including phenoxy) is 2. The van der Waals surface area contributed by atoms with E-state index < -0.39 is 17.8 Å². The lowest BCUT2D eigenvalue weighted by Crippen LogP contribution is -2.49. The summed E-state index contributed by atoms with van der Waals surface area (Å²) in [5.74, 6) is -2.91. The molecule has 0 aromatic heterocycles. The van der Waals surface area contributed by atoms with E-state index in [2.05, 4.69) is 0 Å². The topological polar surface area (TPSA) is 105 Å². The molecule has 0 spiro atoms. The van der Waals surface area contributed by atoms with Crippen LogP contribution in [0.15, 0.2) is 24.3 Å². The fraction of sp³-hybridized carbons (Fsp3) is 0.429. The molecule has 0 unspecified atom stereocenters. The molecule has 4 N–H and O–H groups in total. The summed E-state index contributed by atoms with van der Waals surface area (Å²) >= 11 is 0. The van der Waals surface area contributed by atoms with E-state index in [1.807, 2.05) is 0 Å². The fourth-order valence-corrected chi connectivity index (χ4v) is 2.02. The Hall–Kier alpha value is -1.92. The fourth-order valence-electron chi connectivity index (χ4n) is 2.02. The van der Waals surface area contributed by atoms with Crippen LogP contribution in [-0.4, -0.2) is 24.4 Å². The van der Waals surface area contributed by atoms with Crippen molar-refractivity contribution in [1.29, 1.82) is 0 Å². The molecule has 0 amide bonds. The van der Waals surface area contributed by atoms with Gasteiger partial charge in [-0.1, -0.05) is 12.5 Å². The Morgan fingerprint density at radius 3 is 2.15 bits per heavy atom. The van der Waals surface area contributed by atoms with Gasteiger partial charge in [0.2, 0.25) is 0 Å². The molecule has 2 bridgehead atoms. The molecule has 1 heterocycles. The van der Waals surface area contributed by atoms with Crippen LogP contribution < -0.4 is 11.5 Å². The largest absolute Gasteiger partial charge is 0.405 e. The summed E-state index contributed by atoms with van der Waals surface area (Å²) < 4.78 is 10.3. The molecule has 0 atom stereocenters. The molecule has 0 fully saturated rings. The van der Waals surface area contributed by atoms with Gasteiger partial charge in [0, 0.05) is 6.42 Å². The highest BCUT2D eigenvalue weighted by Crippen LogP contribution is 2.23. The summed E-state index contributed by atoms with van der Waals surface area (Å²) in [7, 11) is 0. The first-order chi connectivity index (χ1) is 9.54. The highest BCUT2D eigenvalue weighted by Gasteiger charge is 2.36. The molecule has 1 aliphatic heterocycles. The van der Waals surface area contributed by atoms with E-state index in [-0.39, 0.29) is 17.5 Å². The molecule has 108 valence electrons. The van der Waals surface area contributed by atoms with Crippen LogP contribution in [0.25, 0.3) is 0 Å². The maximum atomic E-state index is 11.9. The van der Waals surface area contributed by atoms with Gasteiger partial charge in [0.05, 0.1) is 11.1 Å². The van der Waals surface area contributed by atoms with Gasteiger partial charge in [-0.2, -0.15) is 0 Å². The molecule has 20 heavy (non-hydrogen) atoms. The third kappa shape index (κ3) is 3.34.